The van der Waals surface area contributed by atoms with Gasteiger partial charge in [-0.05, 0) is 48.5 Å². The normalized spacial score (nSPS) is 14.9. The molecule has 6 nitrogen and oxygen atoms in total. The molecule has 0 radical (unpaired) electrons. The van der Waals surface area contributed by atoms with Crippen molar-refractivity contribution in [2.45, 2.75) is 12.2 Å². The number of benzene rings is 3. The maximum atomic E-state index is 14.0. The first-order valence-electron chi connectivity index (χ1n) is 10.5. The number of aromatic nitrogens is 1. The fourth-order valence-electron chi connectivity index (χ4n) is 4.07. The van der Waals surface area contributed by atoms with Crippen molar-refractivity contribution in [2.24, 2.45) is 0 Å². The van der Waals surface area contributed by atoms with Crippen LogP contribution in [0.25, 0.3) is 11.5 Å². The van der Waals surface area contributed by atoms with E-state index in [0.29, 0.717) is 12.1 Å². The molecule has 1 aliphatic rings. The minimum atomic E-state index is -4.89. The number of rotatable bonds is 4. The molecule has 1 atom stereocenters. The van der Waals surface area contributed by atoms with Gasteiger partial charge in [0.1, 0.15) is 17.9 Å². The van der Waals surface area contributed by atoms with Gasteiger partial charge < -0.3 is 15.1 Å². The lowest BCUT2D eigenvalue weighted by Gasteiger charge is -2.19. The summed E-state index contributed by atoms with van der Waals surface area (Å²) < 4.78 is 72.8. The molecule has 5 rings (SSSR count). The van der Waals surface area contributed by atoms with Crippen molar-refractivity contribution in [3.05, 3.63) is 105 Å². The summed E-state index contributed by atoms with van der Waals surface area (Å²) in [6.45, 7) is 0. The van der Waals surface area contributed by atoms with Gasteiger partial charge >= 0.3 is 6.18 Å². The summed E-state index contributed by atoms with van der Waals surface area (Å²) >= 11 is 6.26. The SMILES string of the molecule is O=C(Nc1cc(-c2ncco2)cc2c1C(c1cc(F)ccc1Cl)NC2=O)c1cc(F)cc(C(F)(F)F)c1. The van der Waals surface area contributed by atoms with Gasteiger partial charge in [0.05, 0.1) is 17.8 Å². The number of hydrogen-bond donors (Lipinski definition) is 2. The zero-order valence-electron chi connectivity index (χ0n) is 18.3. The Labute approximate surface area is 210 Å². The average Bonchev–Trinajstić information content (AvgIpc) is 3.48. The lowest BCUT2D eigenvalue weighted by molar-refractivity contribution is -0.137. The predicted octanol–water partition coefficient (Wildman–Crippen LogP) is 6.38. The third-order valence-electron chi connectivity index (χ3n) is 5.67. The number of alkyl halides is 3. The smallest absolute Gasteiger partial charge is 0.416 e. The van der Waals surface area contributed by atoms with E-state index >= 15 is 0 Å². The van der Waals surface area contributed by atoms with Crippen molar-refractivity contribution in [1.82, 2.24) is 10.3 Å². The number of anilines is 1. The molecule has 3 aromatic carbocycles. The first kappa shape index (κ1) is 24.4. The monoisotopic (exact) mass is 533 g/mol. The van der Waals surface area contributed by atoms with Crippen LogP contribution in [-0.2, 0) is 6.18 Å². The van der Waals surface area contributed by atoms with Crippen molar-refractivity contribution < 1.29 is 36.0 Å². The Hall–Kier alpha value is -4.25. The van der Waals surface area contributed by atoms with Gasteiger partial charge in [-0.1, -0.05) is 11.6 Å². The van der Waals surface area contributed by atoms with Crippen LogP contribution in [0.15, 0.2) is 65.4 Å². The summed E-state index contributed by atoms with van der Waals surface area (Å²) in [5, 5.41) is 5.24. The number of carbonyl (C=O) groups is 2. The molecule has 0 fully saturated rings. The average molecular weight is 534 g/mol. The highest BCUT2D eigenvalue weighted by Crippen LogP contribution is 2.41. The molecule has 2 heterocycles. The van der Waals surface area contributed by atoms with E-state index in [0.717, 1.165) is 12.1 Å². The van der Waals surface area contributed by atoms with E-state index in [-0.39, 0.29) is 44.9 Å². The molecule has 0 saturated carbocycles. The molecular formula is C25H13ClF5N3O3. The summed E-state index contributed by atoms with van der Waals surface area (Å²) in [6.07, 6.45) is -2.26. The van der Waals surface area contributed by atoms with E-state index in [1.54, 1.807) is 0 Å². The van der Waals surface area contributed by atoms with Crippen LogP contribution in [0.5, 0.6) is 0 Å². The van der Waals surface area contributed by atoms with Crippen LogP contribution in [0.3, 0.4) is 0 Å². The Morgan fingerprint density at radius 3 is 2.54 bits per heavy atom. The zero-order chi connectivity index (χ0) is 26.5. The second-order valence-corrected chi connectivity index (χ2v) is 8.48. The molecule has 2 N–H and O–H groups in total. The standard InChI is InChI=1S/C25H13ClF5N3O3/c26-18-2-1-14(27)10-16(18)21-20-17(23(36)34-21)7-12(24-32-3-4-37-24)8-19(20)33-22(35)11-5-13(25(29,30)31)9-15(28)6-11/h1-10,21H,(H,33,35)(H,34,36). The van der Waals surface area contributed by atoms with Gasteiger partial charge in [0.2, 0.25) is 5.89 Å². The third kappa shape index (κ3) is 4.65. The summed E-state index contributed by atoms with van der Waals surface area (Å²) in [6, 6.07) is 6.74. The Kier molecular flexibility index (Phi) is 5.95. The van der Waals surface area contributed by atoms with Gasteiger partial charge in [-0.2, -0.15) is 13.2 Å². The van der Waals surface area contributed by atoms with Crippen molar-refractivity contribution in [1.29, 1.82) is 0 Å². The van der Waals surface area contributed by atoms with Gasteiger partial charge in [0.15, 0.2) is 0 Å². The molecule has 0 aliphatic carbocycles. The number of oxazole rings is 1. The minimum absolute atomic E-state index is 0.0304. The molecule has 0 spiro atoms. The van der Waals surface area contributed by atoms with E-state index in [9.17, 15) is 31.5 Å². The van der Waals surface area contributed by atoms with Crippen molar-refractivity contribution in [2.75, 3.05) is 5.32 Å². The van der Waals surface area contributed by atoms with Crippen LogP contribution in [0.1, 0.15) is 43.4 Å². The molecule has 37 heavy (non-hydrogen) atoms. The first-order valence-corrected chi connectivity index (χ1v) is 10.9. The largest absolute Gasteiger partial charge is 0.445 e. The van der Waals surface area contributed by atoms with Gasteiger partial charge in [-0.3, -0.25) is 9.59 Å². The summed E-state index contributed by atoms with van der Waals surface area (Å²) in [7, 11) is 0. The molecule has 12 heteroatoms. The third-order valence-corrected chi connectivity index (χ3v) is 6.02. The van der Waals surface area contributed by atoms with Crippen LogP contribution in [0.2, 0.25) is 5.02 Å². The lowest BCUT2D eigenvalue weighted by Crippen LogP contribution is -2.21. The number of nitrogens with one attached hydrogen (secondary N) is 2. The highest BCUT2D eigenvalue weighted by atomic mass is 35.5. The Morgan fingerprint density at radius 2 is 1.84 bits per heavy atom. The van der Waals surface area contributed by atoms with E-state index in [2.05, 4.69) is 15.6 Å². The number of amides is 2. The van der Waals surface area contributed by atoms with Gasteiger partial charge in [0.25, 0.3) is 11.8 Å². The Balaban J connectivity index is 1.65. The van der Waals surface area contributed by atoms with E-state index in [1.165, 1.54) is 30.7 Å². The summed E-state index contributed by atoms with van der Waals surface area (Å²) in [5.41, 5.74) is -1.32. The number of carbonyl (C=O) groups excluding carboxylic acids is 2. The van der Waals surface area contributed by atoms with Crippen molar-refractivity contribution in [3.8, 4) is 11.5 Å². The highest BCUT2D eigenvalue weighted by Gasteiger charge is 2.36. The topological polar surface area (TPSA) is 84.2 Å². The van der Waals surface area contributed by atoms with E-state index in [1.807, 2.05) is 0 Å². The Bertz CT molecular complexity index is 1550. The van der Waals surface area contributed by atoms with Gasteiger partial charge in [-0.25, -0.2) is 13.8 Å². The molecule has 188 valence electrons. The molecule has 1 aliphatic heterocycles. The molecule has 4 aromatic rings. The van der Waals surface area contributed by atoms with Crippen LogP contribution < -0.4 is 10.6 Å². The first-order chi connectivity index (χ1) is 17.5. The molecule has 1 unspecified atom stereocenters. The second kappa shape index (κ2) is 9.00. The van der Waals surface area contributed by atoms with E-state index < -0.39 is 46.8 Å². The van der Waals surface area contributed by atoms with Gasteiger partial charge in [-0.15, -0.1) is 0 Å². The minimum Gasteiger partial charge on any atom is -0.445 e. The quantitative estimate of drug-likeness (QED) is 0.298. The molecule has 0 bridgehead atoms. The van der Waals surface area contributed by atoms with Crippen LogP contribution in [0, 0.1) is 11.6 Å². The van der Waals surface area contributed by atoms with Gasteiger partial charge in [0, 0.05) is 38.5 Å². The Morgan fingerprint density at radius 1 is 1.05 bits per heavy atom. The van der Waals surface area contributed by atoms with Crippen molar-refractivity contribution in [3.63, 3.8) is 0 Å². The number of halogens is 6. The number of fused-ring (bicyclic) bond motifs is 1. The van der Waals surface area contributed by atoms with Crippen LogP contribution in [0.4, 0.5) is 27.6 Å². The van der Waals surface area contributed by atoms with Crippen LogP contribution >= 0.6 is 11.6 Å². The fraction of sp³-hybridized carbons (Fsp3) is 0.0800. The molecular weight excluding hydrogens is 521 g/mol. The predicted molar refractivity (Wildman–Crippen MR) is 122 cm³/mol. The number of nitrogens with zero attached hydrogens (tertiary/aromatic N) is 1. The summed E-state index contributed by atoms with van der Waals surface area (Å²) in [4.78, 5) is 29.9. The number of hydrogen-bond acceptors (Lipinski definition) is 4. The van der Waals surface area contributed by atoms with E-state index in [4.69, 9.17) is 16.0 Å². The second-order valence-electron chi connectivity index (χ2n) is 8.08. The highest BCUT2D eigenvalue weighted by molar-refractivity contribution is 6.31. The van der Waals surface area contributed by atoms with Crippen molar-refractivity contribution >= 4 is 29.1 Å². The molecule has 0 saturated heterocycles. The molecule has 2 amide bonds. The van der Waals surface area contributed by atoms with Crippen LogP contribution in [-0.4, -0.2) is 16.8 Å². The maximum absolute atomic E-state index is 14.0. The zero-order valence-corrected chi connectivity index (χ0v) is 19.0. The maximum Gasteiger partial charge on any atom is 0.416 e. The molecule has 1 aromatic heterocycles. The summed E-state index contributed by atoms with van der Waals surface area (Å²) in [5.74, 6) is -3.48. The lowest BCUT2D eigenvalue weighted by atomic mass is 9.94. The fourth-order valence-corrected chi connectivity index (χ4v) is 4.30.